The summed E-state index contributed by atoms with van der Waals surface area (Å²) in [7, 11) is 1.36. The number of esters is 2. The van der Waals surface area contributed by atoms with Gasteiger partial charge in [-0.25, -0.2) is 0 Å². The van der Waals surface area contributed by atoms with Crippen LogP contribution in [0.15, 0.2) is 23.1 Å². The molecule has 0 saturated heterocycles. The molecule has 122 valence electrons. The Morgan fingerprint density at radius 2 is 1.77 bits per heavy atom. The Morgan fingerprint density at radius 1 is 1.14 bits per heavy atom. The van der Waals surface area contributed by atoms with Crippen LogP contribution in [0.25, 0.3) is 0 Å². The highest BCUT2D eigenvalue weighted by atomic mass is 32.1. The molecule has 1 N–H and O–H groups in total. The molecule has 0 saturated carbocycles. The first-order chi connectivity index (χ1) is 10.2. The zero-order chi connectivity index (χ0) is 16.8. The Kier molecular flexibility index (Phi) is 6.90. The third kappa shape index (κ3) is 7.47. The minimum atomic E-state index is -0.489. The van der Waals surface area contributed by atoms with Crippen LogP contribution >= 0.6 is 12.6 Å². The van der Waals surface area contributed by atoms with Gasteiger partial charge in [0.15, 0.2) is 0 Å². The van der Waals surface area contributed by atoms with Gasteiger partial charge in [0.05, 0.1) is 20.1 Å². The summed E-state index contributed by atoms with van der Waals surface area (Å²) in [4.78, 5) is 23.7. The molecule has 22 heavy (non-hydrogen) atoms. The van der Waals surface area contributed by atoms with Crippen molar-refractivity contribution in [1.82, 2.24) is 5.32 Å². The van der Waals surface area contributed by atoms with E-state index in [1.165, 1.54) is 7.11 Å². The fourth-order valence-corrected chi connectivity index (χ4v) is 2.20. The average Bonchev–Trinajstić information content (AvgIpc) is 2.35. The molecule has 0 atom stereocenters. The maximum absolute atomic E-state index is 11.6. The van der Waals surface area contributed by atoms with Gasteiger partial charge in [-0.3, -0.25) is 9.59 Å². The van der Waals surface area contributed by atoms with Crippen LogP contribution in [0, 0.1) is 0 Å². The summed E-state index contributed by atoms with van der Waals surface area (Å²) in [6.07, 6.45) is 0.198. The van der Waals surface area contributed by atoms with E-state index in [2.05, 4.69) is 22.7 Å². The number of benzene rings is 1. The maximum atomic E-state index is 11.6. The Labute approximate surface area is 136 Å². The van der Waals surface area contributed by atoms with E-state index in [9.17, 15) is 9.59 Å². The molecule has 6 heteroatoms. The van der Waals surface area contributed by atoms with Gasteiger partial charge in [0.25, 0.3) is 0 Å². The Morgan fingerprint density at radius 3 is 2.36 bits per heavy atom. The minimum absolute atomic E-state index is 0.125. The Balaban J connectivity index is 2.55. The van der Waals surface area contributed by atoms with Crippen molar-refractivity contribution in [2.45, 2.75) is 44.2 Å². The molecule has 0 heterocycles. The molecule has 0 aliphatic heterocycles. The third-order valence-electron chi connectivity index (χ3n) is 2.63. The van der Waals surface area contributed by atoms with Gasteiger partial charge in [-0.1, -0.05) is 6.07 Å². The molecule has 0 aromatic heterocycles. The lowest BCUT2D eigenvalue weighted by Gasteiger charge is -2.19. The number of hydrogen-bond donors (Lipinski definition) is 2. The predicted octanol–water partition coefficient (Wildman–Crippen LogP) is 2.12. The van der Waals surface area contributed by atoms with Crippen molar-refractivity contribution < 1.29 is 19.1 Å². The summed E-state index contributed by atoms with van der Waals surface area (Å²) >= 11 is 4.32. The molecule has 1 aromatic rings. The van der Waals surface area contributed by atoms with Gasteiger partial charge < -0.3 is 14.8 Å². The minimum Gasteiger partial charge on any atom is -0.469 e. The summed E-state index contributed by atoms with van der Waals surface area (Å²) in [5, 5.41) is 3.02. The largest absolute Gasteiger partial charge is 0.469 e. The molecule has 1 rings (SSSR count). The molecular weight excluding hydrogens is 302 g/mol. The molecule has 5 nitrogen and oxygen atoms in total. The monoisotopic (exact) mass is 325 g/mol. The second-order valence-corrected chi connectivity index (χ2v) is 6.47. The fourth-order valence-electron chi connectivity index (χ4n) is 1.87. The fraction of sp³-hybridized carbons (Fsp3) is 0.500. The third-order valence-corrected chi connectivity index (χ3v) is 2.89. The number of carbonyl (C=O) groups is 2. The van der Waals surface area contributed by atoms with Crippen LogP contribution in [0.5, 0.6) is 0 Å². The lowest BCUT2D eigenvalue weighted by Crippen LogP contribution is -2.31. The second-order valence-electron chi connectivity index (χ2n) is 5.95. The van der Waals surface area contributed by atoms with Crippen LogP contribution in [-0.4, -0.2) is 31.2 Å². The van der Waals surface area contributed by atoms with Crippen LogP contribution in [0.1, 0.15) is 31.9 Å². The number of nitrogens with one attached hydrogen (secondary N) is 1. The van der Waals surface area contributed by atoms with E-state index in [0.29, 0.717) is 6.54 Å². The molecule has 1 aromatic carbocycles. The molecule has 0 aliphatic rings. The molecule has 0 spiro atoms. The van der Waals surface area contributed by atoms with Crippen LogP contribution in [-0.2, 0) is 32.0 Å². The second kappa shape index (κ2) is 8.19. The first-order valence-electron chi connectivity index (χ1n) is 7.01. The average molecular weight is 325 g/mol. The van der Waals surface area contributed by atoms with Crippen molar-refractivity contribution >= 4 is 24.6 Å². The number of thiol groups is 1. The van der Waals surface area contributed by atoms with Crippen LogP contribution in [0.4, 0.5) is 0 Å². The van der Waals surface area contributed by atoms with E-state index in [1.807, 2.05) is 39.0 Å². The maximum Gasteiger partial charge on any atom is 0.320 e. The number of ether oxygens (including phenoxy) is 2. The number of carbonyl (C=O) groups excluding carboxylic acids is 2. The van der Waals surface area contributed by atoms with E-state index < -0.39 is 5.60 Å². The lowest BCUT2D eigenvalue weighted by molar-refractivity contribution is -0.153. The highest BCUT2D eigenvalue weighted by Crippen LogP contribution is 2.15. The van der Waals surface area contributed by atoms with E-state index >= 15 is 0 Å². The van der Waals surface area contributed by atoms with Gasteiger partial charge in [0.1, 0.15) is 5.60 Å². The van der Waals surface area contributed by atoms with Crippen molar-refractivity contribution in [3.8, 4) is 0 Å². The van der Waals surface area contributed by atoms with Gasteiger partial charge in [-0.15, -0.1) is 12.6 Å². The SMILES string of the molecule is COC(=O)Cc1cc(S)cc(CNCC(=O)OC(C)(C)C)c1. The highest BCUT2D eigenvalue weighted by molar-refractivity contribution is 7.80. The Hall–Kier alpha value is -1.53. The van der Waals surface area contributed by atoms with E-state index in [4.69, 9.17) is 4.74 Å². The summed E-state index contributed by atoms with van der Waals surface area (Å²) in [5.74, 6) is -0.601. The summed E-state index contributed by atoms with van der Waals surface area (Å²) in [5.41, 5.74) is 1.28. The molecule has 0 aliphatic carbocycles. The lowest BCUT2D eigenvalue weighted by atomic mass is 10.1. The van der Waals surface area contributed by atoms with Crippen LogP contribution in [0.2, 0.25) is 0 Å². The summed E-state index contributed by atoms with van der Waals surface area (Å²) < 4.78 is 9.86. The van der Waals surface area contributed by atoms with Crippen LogP contribution in [0.3, 0.4) is 0 Å². The zero-order valence-electron chi connectivity index (χ0n) is 13.4. The molecule has 0 amide bonds. The number of methoxy groups -OCH3 is 1. The van der Waals surface area contributed by atoms with Crippen LogP contribution < -0.4 is 5.32 Å². The van der Waals surface area contributed by atoms with E-state index in [1.54, 1.807) is 0 Å². The van der Waals surface area contributed by atoms with Gasteiger partial charge in [-0.2, -0.15) is 0 Å². The normalized spacial score (nSPS) is 11.1. The van der Waals surface area contributed by atoms with Gasteiger partial charge in [0, 0.05) is 11.4 Å². The highest BCUT2D eigenvalue weighted by Gasteiger charge is 2.15. The summed E-state index contributed by atoms with van der Waals surface area (Å²) in [6.45, 7) is 6.10. The quantitative estimate of drug-likeness (QED) is 0.619. The first kappa shape index (κ1) is 18.5. The number of hydrogen-bond acceptors (Lipinski definition) is 6. The molecular formula is C16H23NO4S. The van der Waals surface area contributed by atoms with Crippen molar-refractivity contribution in [3.05, 3.63) is 29.3 Å². The number of rotatable bonds is 6. The first-order valence-corrected chi connectivity index (χ1v) is 7.45. The van der Waals surface area contributed by atoms with Crippen molar-refractivity contribution in [2.24, 2.45) is 0 Å². The predicted molar refractivity (Wildman–Crippen MR) is 87.0 cm³/mol. The van der Waals surface area contributed by atoms with Crippen molar-refractivity contribution in [2.75, 3.05) is 13.7 Å². The standard InChI is InChI=1S/C16H23NO4S/c1-16(2,3)21-15(19)10-17-9-12-5-11(6-13(22)7-12)8-14(18)20-4/h5-7,17,22H,8-10H2,1-4H3. The molecule has 0 unspecified atom stereocenters. The van der Waals surface area contributed by atoms with Crippen molar-refractivity contribution in [1.29, 1.82) is 0 Å². The molecule has 0 fully saturated rings. The Bertz CT molecular complexity index is 537. The topological polar surface area (TPSA) is 64.6 Å². The van der Waals surface area contributed by atoms with Gasteiger partial charge >= 0.3 is 11.9 Å². The van der Waals surface area contributed by atoms with Gasteiger partial charge in [0.2, 0.25) is 0 Å². The van der Waals surface area contributed by atoms with Gasteiger partial charge in [-0.05, 0) is 44.0 Å². The van der Waals surface area contributed by atoms with Crippen molar-refractivity contribution in [3.63, 3.8) is 0 Å². The molecule has 0 radical (unpaired) electrons. The molecule has 0 bridgehead atoms. The summed E-state index contributed by atoms with van der Waals surface area (Å²) in [6, 6.07) is 5.59. The zero-order valence-corrected chi connectivity index (χ0v) is 14.3. The smallest absolute Gasteiger partial charge is 0.320 e. The van der Waals surface area contributed by atoms with E-state index in [-0.39, 0.29) is 24.9 Å². The van der Waals surface area contributed by atoms with E-state index in [0.717, 1.165) is 16.0 Å².